The third kappa shape index (κ3) is 20.1. The first-order chi connectivity index (χ1) is 30.3. The number of benzene rings is 3. The van der Waals surface area contributed by atoms with Gasteiger partial charge in [0.05, 0.1) is 0 Å². The fourth-order valence-electron chi connectivity index (χ4n) is 11.0. The van der Waals surface area contributed by atoms with Gasteiger partial charge >= 0.3 is 313 Å². The Morgan fingerprint density at radius 2 is 0.908 bits per heavy atom. The van der Waals surface area contributed by atoms with E-state index >= 15 is 0 Å². The summed E-state index contributed by atoms with van der Waals surface area (Å²) >= 11 is 0. The average Bonchev–Trinajstić information content (AvgIpc) is 3.17. The van der Waals surface area contributed by atoms with Crippen LogP contribution in [-0.4, -0.2) is 95.7 Å². The number of carbonyl (C=O) groups excluding carboxylic acids is 2. The molecule has 0 radical (unpaired) electrons. The molecule has 0 saturated carbocycles. The molecule has 1 N–H and O–H groups in total. The Morgan fingerprint density at radius 1 is 0.554 bits per heavy atom. The summed E-state index contributed by atoms with van der Waals surface area (Å²) in [5, 5.41) is 4.09. The van der Waals surface area contributed by atoms with E-state index in [2.05, 4.69) is 198 Å². The van der Waals surface area contributed by atoms with E-state index in [0.717, 1.165) is 31.8 Å². The molecule has 0 aliphatic rings. The summed E-state index contributed by atoms with van der Waals surface area (Å²) in [7, 11) is -5.77. The molecule has 0 fully saturated rings. The van der Waals surface area contributed by atoms with E-state index in [4.69, 9.17) is 0 Å². The predicted molar refractivity (Wildman–Crippen MR) is 284 cm³/mol. The monoisotopic (exact) mass is 934 g/mol. The molecule has 366 valence electrons. The van der Waals surface area contributed by atoms with Crippen molar-refractivity contribution in [1.82, 2.24) is 14.7 Å². The van der Waals surface area contributed by atoms with Crippen LogP contribution in [0.4, 0.5) is 0 Å². The Balaban J connectivity index is 1.88. The number of hydrogen-bond acceptors (Lipinski definition) is 4. The van der Waals surface area contributed by atoms with E-state index < -0.39 is 14.6 Å². The molecule has 0 spiro atoms. The molecule has 0 heterocycles. The van der Waals surface area contributed by atoms with Crippen molar-refractivity contribution >= 4 is 42.4 Å². The Kier molecular flexibility index (Phi) is 22.7. The minimum atomic E-state index is -3.26. The summed E-state index contributed by atoms with van der Waals surface area (Å²) in [5.74, 6) is 1.69. The van der Waals surface area contributed by atoms with Crippen molar-refractivity contribution in [3.63, 3.8) is 0 Å². The van der Waals surface area contributed by atoms with E-state index in [0.29, 0.717) is 56.9 Å². The van der Waals surface area contributed by atoms with Crippen molar-refractivity contribution in [2.24, 2.45) is 46.3 Å². The first-order valence-corrected chi connectivity index (χ1v) is 29.3. The van der Waals surface area contributed by atoms with Gasteiger partial charge in [-0.15, -0.1) is 0 Å². The van der Waals surface area contributed by atoms with Crippen LogP contribution in [0.3, 0.4) is 0 Å². The quantitative estimate of drug-likeness (QED) is 0.0734. The Hall–Kier alpha value is -2.82. The second kappa shape index (κ2) is 26.1. The van der Waals surface area contributed by atoms with E-state index in [1.54, 1.807) is 0 Å². The SMILES string of the molecule is CC(C)CN(CC(C)C)C(=O)CN(CCC[PH](c1ccccc1)(c1ccccc1)c1ccccc1)CC(=O)N(CC(C)C)CC(C)CC(C)(C)CC(C)CP(=O)(O)CC(C)CC(C)(C)C. The van der Waals surface area contributed by atoms with Crippen molar-refractivity contribution in [3.8, 4) is 0 Å². The van der Waals surface area contributed by atoms with Crippen LogP contribution in [0, 0.1) is 46.3 Å². The summed E-state index contributed by atoms with van der Waals surface area (Å²) in [5.41, 5.74) is 0.0671. The van der Waals surface area contributed by atoms with Gasteiger partial charge in [-0.25, -0.2) is 0 Å². The number of amides is 2. The first-order valence-electron chi connectivity index (χ1n) is 25.1. The zero-order chi connectivity index (χ0) is 48.6. The maximum absolute atomic E-state index is 14.7. The smallest absolute Gasteiger partial charge is 0.344 e. The summed E-state index contributed by atoms with van der Waals surface area (Å²) in [6, 6.07) is 32.9. The Labute approximate surface area is 398 Å². The third-order valence-corrected chi connectivity index (χ3v) is 19.9. The predicted octanol–water partition coefficient (Wildman–Crippen LogP) is 11.5. The van der Waals surface area contributed by atoms with Gasteiger partial charge < -0.3 is 4.89 Å². The van der Waals surface area contributed by atoms with Crippen LogP contribution in [0.2, 0.25) is 0 Å². The second-order valence-corrected chi connectivity index (χ2v) is 29.9. The van der Waals surface area contributed by atoms with Crippen LogP contribution in [0.15, 0.2) is 91.0 Å². The first kappa shape index (κ1) is 56.5. The van der Waals surface area contributed by atoms with E-state index in [1.165, 1.54) is 15.9 Å². The summed E-state index contributed by atoms with van der Waals surface area (Å²) < 4.78 is 13.4. The van der Waals surface area contributed by atoms with Gasteiger partial charge in [-0.05, 0) is 23.7 Å². The number of hydrogen-bond donors (Lipinski definition) is 1. The minimum Gasteiger partial charge on any atom is -0.344 e. The molecule has 0 aromatic heterocycles. The second-order valence-electron chi connectivity index (χ2n) is 23.5. The van der Waals surface area contributed by atoms with Crippen LogP contribution in [0.1, 0.15) is 123 Å². The molecule has 2 amide bonds. The molecule has 3 aromatic carbocycles. The van der Waals surface area contributed by atoms with Crippen LogP contribution < -0.4 is 15.9 Å². The molecule has 0 aliphatic carbocycles. The van der Waals surface area contributed by atoms with Gasteiger partial charge in [-0.1, -0.05) is 34.6 Å². The molecule has 9 heteroatoms. The summed E-state index contributed by atoms with van der Waals surface area (Å²) in [6.45, 7) is 34.3. The van der Waals surface area contributed by atoms with E-state index in [9.17, 15) is 19.0 Å². The normalized spacial score (nSPS) is 15.2. The molecule has 3 aromatic rings. The van der Waals surface area contributed by atoms with Crippen molar-refractivity contribution in [3.05, 3.63) is 91.0 Å². The van der Waals surface area contributed by atoms with Crippen LogP contribution in [0.25, 0.3) is 0 Å². The molecule has 0 bridgehead atoms. The van der Waals surface area contributed by atoms with Crippen molar-refractivity contribution in [1.29, 1.82) is 0 Å². The van der Waals surface area contributed by atoms with Gasteiger partial charge in [0.1, 0.15) is 0 Å². The van der Waals surface area contributed by atoms with Crippen LogP contribution >= 0.6 is 14.6 Å². The average molecular weight is 934 g/mol. The van der Waals surface area contributed by atoms with Gasteiger partial charge in [0.2, 0.25) is 7.37 Å². The fraction of sp³-hybridized carbons (Fsp3) is 0.643. The zero-order valence-electron chi connectivity index (χ0n) is 43.5. The van der Waals surface area contributed by atoms with Gasteiger partial charge in [-0.2, -0.15) is 0 Å². The molecule has 7 nitrogen and oxygen atoms in total. The molecule has 4 atom stereocenters. The van der Waals surface area contributed by atoms with Gasteiger partial charge in [0, 0.05) is 12.3 Å². The molecule has 0 aliphatic heterocycles. The van der Waals surface area contributed by atoms with E-state index in [-0.39, 0.29) is 59.4 Å². The van der Waals surface area contributed by atoms with Gasteiger partial charge in [0.25, 0.3) is 0 Å². The van der Waals surface area contributed by atoms with Crippen molar-refractivity contribution in [2.75, 3.05) is 64.3 Å². The Bertz CT molecular complexity index is 1770. The number of carbonyl (C=O) groups is 2. The molecule has 0 saturated heterocycles. The molecule has 4 unspecified atom stereocenters. The Morgan fingerprint density at radius 3 is 1.28 bits per heavy atom. The van der Waals surface area contributed by atoms with Crippen LogP contribution in [-0.2, 0) is 14.2 Å². The van der Waals surface area contributed by atoms with E-state index in [1.807, 2.05) is 4.90 Å². The van der Waals surface area contributed by atoms with Gasteiger partial charge in [-0.3, -0.25) is 4.57 Å². The molecular formula is C56H93N3O4P2. The molecular weight excluding hydrogens is 841 g/mol. The molecule has 3 rings (SSSR count). The standard InChI is InChI=1S/C56H93N3O4P2/c1-44(2)36-58(37-45(3)4)53(60)40-57(31-24-32-65(50-25-18-15-19-26-50,51-27-20-16-21-28-51)52-29-22-17-23-30-52)41-54(61)59(38-46(5)6)39-47(7)34-56(13,14)35-49(9)43-64(62,63)42-48(8)33-55(10,11)12/h15-23,25-30,44-49,65H,24,31-43H2,1-14H3,(H,62,63). The van der Waals surface area contributed by atoms with Crippen molar-refractivity contribution < 1.29 is 19.0 Å². The van der Waals surface area contributed by atoms with Crippen LogP contribution in [0.5, 0.6) is 0 Å². The number of rotatable bonds is 28. The van der Waals surface area contributed by atoms with Crippen molar-refractivity contribution in [2.45, 2.75) is 123 Å². The maximum atomic E-state index is 14.7. The topological polar surface area (TPSA) is 81.2 Å². The summed E-state index contributed by atoms with van der Waals surface area (Å²) in [4.78, 5) is 46.4. The third-order valence-electron chi connectivity index (χ3n) is 12.5. The fourth-order valence-corrected chi connectivity index (χ4v) is 18.2. The minimum absolute atomic E-state index is 0.0657. The summed E-state index contributed by atoms with van der Waals surface area (Å²) in [6.07, 6.45) is 5.19. The molecule has 65 heavy (non-hydrogen) atoms. The zero-order valence-corrected chi connectivity index (χ0v) is 45.4. The number of nitrogens with zero attached hydrogens (tertiary/aromatic N) is 3. The van der Waals surface area contributed by atoms with Gasteiger partial charge in [0.15, 0.2) is 0 Å².